The van der Waals surface area contributed by atoms with Gasteiger partial charge in [0.05, 0.1) is 0 Å². The number of carbonyl (C=O) groups is 2. The molecule has 1 atom stereocenters. The highest BCUT2D eigenvalue weighted by atomic mass is 19.4. The Morgan fingerprint density at radius 3 is 2.47 bits per heavy atom. The lowest BCUT2D eigenvalue weighted by Gasteiger charge is -2.27. The number of nitrogens with zero attached hydrogens (tertiary/aromatic N) is 1. The second-order valence-electron chi connectivity index (χ2n) is 4.61. The molecule has 0 aromatic rings. The zero-order valence-corrected chi connectivity index (χ0v) is 10.6. The van der Waals surface area contributed by atoms with Gasteiger partial charge in [0.15, 0.2) is 5.41 Å². The number of alkyl halides is 3. The monoisotopic (exact) mass is 282 g/mol. The zero-order chi connectivity index (χ0) is 14.7. The van der Waals surface area contributed by atoms with Crippen molar-refractivity contribution >= 4 is 11.9 Å². The first-order valence-corrected chi connectivity index (χ1v) is 6.02. The van der Waals surface area contributed by atoms with Crippen molar-refractivity contribution in [3.8, 4) is 0 Å². The van der Waals surface area contributed by atoms with Crippen LogP contribution in [0.15, 0.2) is 0 Å². The molecule has 0 saturated carbocycles. The molecule has 1 amide bonds. The molecule has 8 heteroatoms. The summed E-state index contributed by atoms with van der Waals surface area (Å²) in [6.45, 7) is 1.78. The van der Waals surface area contributed by atoms with E-state index in [1.165, 1.54) is 4.90 Å². The summed E-state index contributed by atoms with van der Waals surface area (Å²) in [6.07, 6.45) is -5.18. The number of carbonyl (C=O) groups excluding carboxylic acids is 1. The molecule has 19 heavy (non-hydrogen) atoms. The number of carboxylic acids is 1. The van der Waals surface area contributed by atoms with Gasteiger partial charge in [-0.15, -0.1) is 0 Å². The van der Waals surface area contributed by atoms with Gasteiger partial charge in [0.1, 0.15) is 0 Å². The lowest BCUT2D eigenvalue weighted by molar-refractivity contribution is -0.227. The average molecular weight is 282 g/mol. The Hall–Kier alpha value is -1.31. The summed E-state index contributed by atoms with van der Waals surface area (Å²) in [5.74, 6) is -2.09. The van der Waals surface area contributed by atoms with Gasteiger partial charge in [0, 0.05) is 26.1 Å². The highest BCUT2D eigenvalue weighted by Gasteiger charge is 2.63. The van der Waals surface area contributed by atoms with Crippen LogP contribution in [-0.2, 0) is 9.59 Å². The number of halogens is 3. The largest absolute Gasteiger partial charge is 0.481 e. The first-order valence-electron chi connectivity index (χ1n) is 6.02. The van der Waals surface area contributed by atoms with Crippen LogP contribution in [0.3, 0.4) is 0 Å². The van der Waals surface area contributed by atoms with E-state index in [-0.39, 0.29) is 25.4 Å². The number of nitrogens with one attached hydrogen (secondary N) is 1. The van der Waals surface area contributed by atoms with Crippen molar-refractivity contribution in [1.29, 1.82) is 0 Å². The Balaban J connectivity index is 2.61. The second-order valence-corrected chi connectivity index (χ2v) is 4.61. The first-order chi connectivity index (χ1) is 8.73. The third-order valence-corrected chi connectivity index (χ3v) is 3.33. The van der Waals surface area contributed by atoms with Crippen molar-refractivity contribution in [1.82, 2.24) is 10.2 Å². The van der Waals surface area contributed by atoms with Crippen LogP contribution in [0.2, 0.25) is 0 Å². The molecule has 1 fully saturated rings. The van der Waals surface area contributed by atoms with Gasteiger partial charge >= 0.3 is 12.1 Å². The highest BCUT2D eigenvalue weighted by molar-refractivity contribution is 5.77. The van der Waals surface area contributed by atoms with E-state index in [4.69, 9.17) is 5.11 Å². The fourth-order valence-corrected chi connectivity index (χ4v) is 2.15. The van der Waals surface area contributed by atoms with Gasteiger partial charge in [-0.05, 0) is 19.9 Å². The molecular formula is C11H17F3N2O3. The van der Waals surface area contributed by atoms with E-state index in [0.29, 0.717) is 6.54 Å². The molecule has 1 aliphatic rings. The number of likely N-dealkylation sites (tertiary alicyclic amines) is 1. The van der Waals surface area contributed by atoms with Crippen LogP contribution < -0.4 is 5.32 Å². The van der Waals surface area contributed by atoms with Gasteiger partial charge in [-0.3, -0.25) is 9.59 Å². The summed E-state index contributed by atoms with van der Waals surface area (Å²) in [6, 6.07) is 0. The number of hydrogen-bond donors (Lipinski definition) is 2. The third kappa shape index (κ3) is 3.37. The SMILES string of the molecule is CCNC(=O)CCN1CCC(C(=O)O)(C(F)(F)F)C1. The molecule has 2 N–H and O–H groups in total. The first kappa shape index (κ1) is 15.7. The zero-order valence-electron chi connectivity index (χ0n) is 10.6. The maximum Gasteiger partial charge on any atom is 0.406 e. The van der Waals surface area contributed by atoms with Gasteiger partial charge < -0.3 is 15.3 Å². The Morgan fingerprint density at radius 2 is 2.05 bits per heavy atom. The summed E-state index contributed by atoms with van der Waals surface area (Å²) in [5, 5.41) is 11.4. The van der Waals surface area contributed by atoms with Gasteiger partial charge in [-0.25, -0.2) is 0 Å². The summed E-state index contributed by atoms with van der Waals surface area (Å²) in [4.78, 5) is 23.5. The molecule has 0 aromatic carbocycles. The van der Waals surface area contributed by atoms with E-state index in [0.717, 1.165) is 0 Å². The molecule has 0 aliphatic carbocycles. The van der Waals surface area contributed by atoms with Crippen LogP contribution in [0.4, 0.5) is 13.2 Å². The molecule has 1 heterocycles. The molecule has 1 unspecified atom stereocenters. The quantitative estimate of drug-likeness (QED) is 0.784. The number of amides is 1. The van der Waals surface area contributed by atoms with Crippen molar-refractivity contribution in [2.75, 3.05) is 26.2 Å². The normalized spacial score (nSPS) is 24.4. The average Bonchev–Trinajstić information content (AvgIpc) is 2.71. The molecule has 5 nitrogen and oxygen atoms in total. The van der Waals surface area contributed by atoms with Crippen LogP contribution in [0, 0.1) is 5.41 Å². The number of carboxylic acid groups (broad SMARTS) is 1. The fraction of sp³-hybridized carbons (Fsp3) is 0.818. The molecule has 110 valence electrons. The van der Waals surface area contributed by atoms with E-state index in [2.05, 4.69) is 5.32 Å². The van der Waals surface area contributed by atoms with E-state index >= 15 is 0 Å². The van der Waals surface area contributed by atoms with Crippen LogP contribution in [-0.4, -0.2) is 54.2 Å². The van der Waals surface area contributed by atoms with E-state index in [1.807, 2.05) is 0 Å². The Labute approximate surface area is 108 Å². The van der Waals surface area contributed by atoms with Gasteiger partial charge in [-0.1, -0.05) is 0 Å². The van der Waals surface area contributed by atoms with Crippen LogP contribution in [0.5, 0.6) is 0 Å². The minimum absolute atomic E-state index is 0.0330. The van der Waals surface area contributed by atoms with Gasteiger partial charge in [-0.2, -0.15) is 13.2 Å². The lowest BCUT2D eigenvalue weighted by Crippen LogP contribution is -2.47. The Kier molecular flexibility index (Phi) is 4.78. The molecule has 1 aliphatic heterocycles. The van der Waals surface area contributed by atoms with Crippen molar-refractivity contribution in [3.05, 3.63) is 0 Å². The number of aliphatic carboxylic acids is 1. The molecule has 0 bridgehead atoms. The molecule has 0 radical (unpaired) electrons. The fourth-order valence-electron chi connectivity index (χ4n) is 2.15. The molecular weight excluding hydrogens is 265 g/mol. The van der Waals surface area contributed by atoms with Crippen molar-refractivity contribution < 1.29 is 27.9 Å². The van der Waals surface area contributed by atoms with Crippen molar-refractivity contribution in [3.63, 3.8) is 0 Å². The highest BCUT2D eigenvalue weighted by Crippen LogP contribution is 2.45. The minimum atomic E-state index is -4.78. The predicted molar refractivity (Wildman–Crippen MR) is 60.5 cm³/mol. The summed E-state index contributed by atoms with van der Waals surface area (Å²) >= 11 is 0. The summed E-state index contributed by atoms with van der Waals surface area (Å²) in [5.41, 5.74) is -2.70. The molecule has 1 rings (SSSR count). The molecule has 0 aromatic heterocycles. The van der Waals surface area contributed by atoms with Crippen LogP contribution in [0.25, 0.3) is 0 Å². The van der Waals surface area contributed by atoms with E-state index < -0.39 is 30.5 Å². The topological polar surface area (TPSA) is 69.6 Å². The third-order valence-electron chi connectivity index (χ3n) is 3.33. The van der Waals surface area contributed by atoms with Crippen LogP contribution in [0.1, 0.15) is 19.8 Å². The summed E-state index contributed by atoms with van der Waals surface area (Å²) < 4.78 is 38.6. The van der Waals surface area contributed by atoms with Crippen molar-refractivity contribution in [2.45, 2.75) is 25.9 Å². The lowest BCUT2D eigenvalue weighted by atomic mass is 9.86. The van der Waals surface area contributed by atoms with Gasteiger partial charge in [0.25, 0.3) is 0 Å². The Bertz CT molecular complexity index is 360. The number of hydrogen-bond acceptors (Lipinski definition) is 3. The van der Waals surface area contributed by atoms with E-state index in [1.54, 1.807) is 6.92 Å². The minimum Gasteiger partial charge on any atom is -0.481 e. The van der Waals surface area contributed by atoms with E-state index in [9.17, 15) is 22.8 Å². The second kappa shape index (κ2) is 5.77. The Morgan fingerprint density at radius 1 is 1.42 bits per heavy atom. The predicted octanol–water partition coefficient (Wildman–Crippen LogP) is 0.852. The number of rotatable bonds is 5. The summed E-state index contributed by atoms with van der Waals surface area (Å²) in [7, 11) is 0. The molecule has 0 spiro atoms. The van der Waals surface area contributed by atoms with Crippen LogP contribution >= 0.6 is 0 Å². The molecule has 1 saturated heterocycles. The van der Waals surface area contributed by atoms with Crippen molar-refractivity contribution in [2.24, 2.45) is 5.41 Å². The standard InChI is InChI=1S/C11H17F3N2O3/c1-2-15-8(17)3-5-16-6-4-10(7-16,9(18)19)11(12,13)14/h2-7H2,1H3,(H,15,17)(H,18,19). The maximum atomic E-state index is 12.9. The maximum absolute atomic E-state index is 12.9. The smallest absolute Gasteiger partial charge is 0.406 e. The van der Waals surface area contributed by atoms with Gasteiger partial charge in [0.2, 0.25) is 5.91 Å².